The molecule has 0 radical (unpaired) electrons. The number of ether oxygens (including phenoxy) is 2. The molecule has 0 bridgehead atoms. The van der Waals surface area contributed by atoms with Gasteiger partial charge >= 0.3 is 0 Å². The second kappa shape index (κ2) is 6.99. The van der Waals surface area contributed by atoms with Crippen molar-refractivity contribution >= 4 is 5.91 Å². The Morgan fingerprint density at radius 3 is 3.12 bits per heavy atom. The zero-order valence-electron chi connectivity index (χ0n) is 15.2. The van der Waals surface area contributed by atoms with Crippen molar-refractivity contribution in [2.45, 2.75) is 38.4 Å². The Hall–Kier alpha value is -2.54. The summed E-state index contributed by atoms with van der Waals surface area (Å²) in [5.41, 5.74) is 3.39. The van der Waals surface area contributed by atoms with Gasteiger partial charge in [0.25, 0.3) is 0 Å². The molecule has 7 heteroatoms. The van der Waals surface area contributed by atoms with E-state index in [1.807, 2.05) is 18.3 Å². The van der Waals surface area contributed by atoms with Gasteiger partial charge in [-0.1, -0.05) is 12.1 Å². The van der Waals surface area contributed by atoms with Crippen LogP contribution in [0.2, 0.25) is 0 Å². The normalized spacial score (nSPS) is 17.8. The molecule has 0 spiro atoms. The average molecular weight is 356 g/mol. The molecular weight excluding hydrogens is 332 g/mol. The summed E-state index contributed by atoms with van der Waals surface area (Å²) in [6.07, 6.45) is 5.19. The largest absolute Gasteiger partial charge is 0.454 e. The van der Waals surface area contributed by atoms with E-state index in [0.29, 0.717) is 6.54 Å². The highest BCUT2D eigenvalue weighted by Gasteiger charge is 2.25. The molecule has 2 aliphatic rings. The Bertz CT molecular complexity index is 815. The SMILES string of the molecule is CN(C)C(=O)Cn1cc2c(n1)[C@H](NCc1cccc3c1OCO3)CCC2. The Balaban J connectivity index is 1.47. The summed E-state index contributed by atoms with van der Waals surface area (Å²) in [5.74, 6) is 1.68. The van der Waals surface area contributed by atoms with Gasteiger partial charge in [-0.15, -0.1) is 0 Å². The molecule has 26 heavy (non-hydrogen) atoms. The quantitative estimate of drug-likeness (QED) is 0.886. The fraction of sp³-hybridized carbons (Fsp3) is 0.474. The van der Waals surface area contributed by atoms with Crippen molar-refractivity contribution < 1.29 is 14.3 Å². The minimum absolute atomic E-state index is 0.0475. The second-order valence-electron chi connectivity index (χ2n) is 7.00. The summed E-state index contributed by atoms with van der Waals surface area (Å²) >= 11 is 0. The Labute approximate surface area is 152 Å². The van der Waals surface area contributed by atoms with Gasteiger partial charge in [0, 0.05) is 32.4 Å². The van der Waals surface area contributed by atoms with E-state index in [1.54, 1.807) is 23.7 Å². The van der Waals surface area contributed by atoms with Gasteiger partial charge in [-0.05, 0) is 30.9 Å². The molecule has 4 rings (SSSR count). The first-order chi connectivity index (χ1) is 12.6. The number of likely N-dealkylation sites (N-methyl/N-ethyl adjacent to an activating group) is 1. The maximum absolute atomic E-state index is 11.9. The fourth-order valence-corrected chi connectivity index (χ4v) is 3.52. The van der Waals surface area contributed by atoms with E-state index < -0.39 is 0 Å². The van der Waals surface area contributed by atoms with Gasteiger partial charge in [0.15, 0.2) is 11.5 Å². The summed E-state index contributed by atoms with van der Waals surface area (Å²) in [4.78, 5) is 13.5. The van der Waals surface area contributed by atoms with Gasteiger partial charge in [0.05, 0.1) is 11.7 Å². The maximum Gasteiger partial charge on any atom is 0.243 e. The van der Waals surface area contributed by atoms with Crippen LogP contribution in [-0.2, 0) is 24.3 Å². The van der Waals surface area contributed by atoms with Gasteiger partial charge < -0.3 is 19.7 Å². The van der Waals surface area contributed by atoms with Gasteiger partial charge in [-0.2, -0.15) is 5.10 Å². The lowest BCUT2D eigenvalue weighted by molar-refractivity contribution is -0.129. The van der Waals surface area contributed by atoms with Crippen LogP contribution in [0.1, 0.15) is 35.7 Å². The molecule has 0 unspecified atom stereocenters. The van der Waals surface area contributed by atoms with Crippen LogP contribution >= 0.6 is 0 Å². The topological polar surface area (TPSA) is 68.6 Å². The zero-order chi connectivity index (χ0) is 18.1. The monoisotopic (exact) mass is 356 g/mol. The number of rotatable bonds is 5. The first-order valence-electron chi connectivity index (χ1n) is 8.99. The molecule has 2 heterocycles. The van der Waals surface area contributed by atoms with E-state index in [1.165, 1.54) is 5.56 Å². The van der Waals surface area contributed by atoms with Gasteiger partial charge in [-0.25, -0.2) is 0 Å². The molecule has 1 aliphatic heterocycles. The third-order valence-electron chi connectivity index (χ3n) is 4.95. The molecule has 0 fully saturated rings. The van der Waals surface area contributed by atoms with Crippen molar-refractivity contribution in [2.24, 2.45) is 0 Å². The molecule has 1 aliphatic carbocycles. The van der Waals surface area contributed by atoms with Crippen molar-refractivity contribution in [1.29, 1.82) is 0 Å². The molecule has 1 amide bonds. The first kappa shape index (κ1) is 16.9. The van der Waals surface area contributed by atoms with E-state index in [4.69, 9.17) is 14.6 Å². The summed E-state index contributed by atoms with van der Waals surface area (Å²) in [6, 6.07) is 6.15. The Morgan fingerprint density at radius 1 is 1.38 bits per heavy atom. The van der Waals surface area contributed by atoms with Crippen LogP contribution in [0.5, 0.6) is 11.5 Å². The molecular formula is C19H24N4O3. The van der Waals surface area contributed by atoms with E-state index in [0.717, 1.165) is 42.0 Å². The number of amides is 1. The first-order valence-corrected chi connectivity index (χ1v) is 8.99. The van der Waals surface area contributed by atoms with Crippen molar-refractivity contribution in [3.8, 4) is 11.5 Å². The van der Waals surface area contributed by atoms with Crippen LogP contribution in [0, 0.1) is 0 Å². The fourth-order valence-electron chi connectivity index (χ4n) is 3.52. The third-order valence-corrected chi connectivity index (χ3v) is 4.95. The lowest BCUT2D eigenvalue weighted by Gasteiger charge is -2.22. The number of nitrogens with zero attached hydrogens (tertiary/aromatic N) is 3. The van der Waals surface area contributed by atoms with Gasteiger partial charge in [0.1, 0.15) is 6.54 Å². The number of hydrogen-bond acceptors (Lipinski definition) is 5. The van der Waals surface area contributed by atoms with Crippen molar-refractivity contribution in [1.82, 2.24) is 20.0 Å². The predicted molar refractivity (Wildman–Crippen MR) is 96.0 cm³/mol. The zero-order valence-corrected chi connectivity index (χ0v) is 15.2. The number of hydrogen-bond donors (Lipinski definition) is 1. The van der Waals surface area contributed by atoms with Gasteiger partial charge in [0.2, 0.25) is 12.7 Å². The number of aryl methyl sites for hydroxylation is 1. The van der Waals surface area contributed by atoms with Crippen molar-refractivity contribution in [2.75, 3.05) is 20.9 Å². The van der Waals surface area contributed by atoms with Crippen molar-refractivity contribution in [3.63, 3.8) is 0 Å². The number of fused-ring (bicyclic) bond motifs is 2. The third kappa shape index (κ3) is 3.26. The number of carbonyl (C=O) groups is 1. The number of nitrogens with one attached hydrogen (secondary N) is 1. The van der Waals surface area contributed by atoms with E-state index in [2.05, 4.69) is 11.4 Å². The van der Waals surface area contributed by atoms with E-state index in [-0.39, 0.29) is 25.3 Å². The second-order valence-corrected chi connectivity index (χ2v) is 7.00. The average Bonchev–Trinajstić information content (AvgIpc) is 3.26. The van der Waals surface area contributed by atoms with Crippen LogP contribution in [0.25, 0.3) is 0 Å². The van der Waals surface area contributed by atoms with Crippen LogP contribution in [0.15, 0.2) is 24.4 Å². The Kier molecular flexibility index (Phi) is 4.55. The maximum atomic E-state index is 11.9. The number of benzene rings is 1. The van der Waals surface area contributed by atoms with Crippen LogP contribution < -0.4 is 14.8 Å². The standard InChI is InChI=1S/C19H24N4O3/c1-22(2)17(24)11-23-10-14-6-3-7-15(18(14)21-23)20-9-13-5-4-8-16-19(13)26-12-25-16/h4-5,8,10,15,20H,3,6-7,9,11-12H2,1-2H3/t15-/m1/s1. The lowest BCUT2D eigenvalue weighted by atomic mass is 9.93. The summed E-state index contributed by atoms with van der Waals surface area (Å²) in [5, 5.41) is 8.30. The summed E-state index contributed by atoms with van der Waals surface area (Å²) in [6.45, 7) is 1.26. The molecule has 0 saturated carbocycles. The molecule has 2 aromatic rings. The number of aromatic nitrogens is 2. The highest BCUT2D eigenvalue weighted by molar-refractivity contribution is 5.75. The highest BCUT2D eigenvalue weighted by atomic mass is 16.7. The van der Waals surface area contributed by atoms with Crippen LogP contribution in [0.4, 0.5) is 0 Å². The smallest absolute Gasteiger partial charge is 0.243 e. The Morgan fingerprint density at radius 2 is 2.27 bits per heavy atom. The minimum atomic E-state index is 0.0475. The lowest BCUT2D eigenvalue weighted by Crippen LogP contribution is -2.27. The predicted octanol–water partition coefficient (Wildman–Crippen LogP) is 1.87. The number of para-hydroxylation sites is 1. The minimum Gasteiger partial charge on any atom is -0.454 e. The molecule has 1 aromatic heterocycles. The summed E-state index contributed by atoms with van der Waals surface area (Å²) < 4.78 is 12.8. The molecule has 7 nitrogen and oxygen atoms in total. The molecule has 0 saturated heterocycles. The van der Waals surface area contributed by atoms with Crippen LogP contribution in [0.3, 0.4) is 0 Å². The van der Waals surface area contributed by atoms with Gasteiger partial charge in [-0.3, -0.25) is 9.48 Å². The summed E-state index contributed by atoms with van der Waals surface area (Å²) in [7, 11) is 3.53. The van der Waals surface area contributed by atoms with E-state index in [9.17, 15) is 4.79 Å². The van der Waals surface area contributed by atoms with E-state index >= 15 is 0 Å². The highest BCUT2D eigenvalue weighted by Crippen LogP contribution is 2.36. The van der Waals surface area contributed by atoms with Crippen LogP contribution in [-0.4, -0.2) is 41.5 Å². The van der Waals surface area contributed by atoms with Crippen molar-refractivity contribution in [3.05, 3.63) is 41.2 Å². The molecule has 1 atom stereocenters. The number of carbonyl (C=O) groups excluding carboxylic acids is 1. The molecule has 138 valence electrons. The molecule has 1 N–H and O–H groups in total. The molecule has 1 aromatic carbocycles.